The molecule has 0 saturated heterocycles. The lowest BCUT2D eigenvalue weighted by atomic mass is 10.1. The van der Waals surface area contributed by atoms with Gasteiger partial charge in [0.1, 0.15) is 0 Å². The maximum absolute atomic E-state index is 10.6. The summed E-state index contributed by atoms with van der Waals surface area (Å²) in [7, 11) is 0. The number of thiazole rings is 1. The van der Waals surface area contributed by atoms with Crippen molar-refractivity contribution in [1.82, 2.24) is 4.98 Å². The Bertz CT molecular complexity index is 619. The molecule has 0 unspecified atom stereocenters. The van der Waals surface area contributed by atoms with Crippen molar-refractivity contribution >= 4 is 27.9 Å². The number of hydrogen-bond donors (Lipinski definition) is 1. The average Bonchev–Trinajstić information content (AvgIpc) is 2.82. The van der Waals surface area contributed by atoms with Gasteiger partial charge < -0.3 is 0 Å². The molecule has 7 heteroatoms. The number of nitrogens with zero attached hydrogens (tertiary/aromatic N) is 3. The van der Waals surface area contributed by atoms with E-state index >= 15 is 0 Å². The van der Waals surface area contributed by atoms with E-state index in [-0.39, 0.29) is 5.69 Å². The van der Waals surface area contributed by atoms with Crippen LogP contribution < -0.4 is 5.43 Å². The number of nitro benzene ring substituents is 1. The second kappa shape index (κ2) is 5.57. The third-order valence-corrected chi connectivity index (χ3v) is 3.30. The van der Waals surface area contributed by atoms with Crippen LogP contribution in [-0.2, 0) is 0 Å². The molecule has 0 amide bonds. The highest BCUT2D eigenvalue weighted by Gasteiger charge is 2.05. The zero-order valence-electron chi connectivity index (χ0n) is 10.5. The molecule has 1 N–H and O–H groups in total. The normalized spacial score (nSPS) is 11.4. The summed E-state index contributed by atoms with van der Waals surface area (Å²) in [5, 5.41) is 17.4. The van der Waals surface area contributed by atoms with Crippen molar-refractivity contribution in [3.8, 4) is 0 Å². The summed E-state index contributed by atoms with van der Waals surface area (Å²) in [6.45, 7) is 3.74. The first kappa shape index (κ1) is 13.2. The maximum atomic E-state index is 10.6. The predicted molar refractivity (Wildman–Crippen MR) is 75.8 cm³/mol. The lowest BCUT2D eigenvalue weighted by Gasteiger charge is -2.01. The second-order valence-corrected chi connectivity index (χ2v) is 4.77. The molecule has 1 heterocycles. The first-order valence-corrected chi connectivity index (χ1v) is 6.41. The number of hydrogen-bond acceptors (Lipinski definition) is 6. The Morgan fingerprint density at radius 2 is 2.11 bits per heavy atom. The molecule has 2 rings (SSSR count). The van der Waals surface area contributed by atoms with Gasteiger partial charge in [0.05, 0.1) is 16.3 Å². The Labute approximate surface area is 114 Å². The summed E-state index contributed by atoms with van der Waals surface area (Å²) < 4.78 is 0. The van der Waals surface area contributed by atoms with Gasteiger partial charge in [0.25, 0.3) is 5.69 Å². The fourth-order valence-corrected chi connectivity index (χ4v) is 2.06. The van der Waals surface area contributed by atoms with Crippen molar-refractivity contribution in [3.63, 3.8) is 0 Å². The number of hydrazone groups is 1. The van der Waals surface area contributed by atoms with Crippen LogP contribution in [-0.4, -0.2) is 15.6 Å². The number of non-ortho nitro benzene ring substituents is 1. The summed E-state index contributed by atoms with van der Waals surface area (Å²) in [4.78, 5) is 14.4. The van der Waals surface area contributed by atoms with Crippen molar-refractivity contribution < 1.29 is 4.92 Å². The predicted octanol–water partition coefficient (Wildman–Crippen LogP) is 3.20. The van der Waals surface area contributed by atoms with Crippen LogP contribution in [0.1, 0.15) is 18.2 Å². The largest absolute Gasteiger partial charge is 0.269 e. The number of nitro groups is 1. The topological polar surface area (TPSA) is 80.4 Å². The minimum atomic E-state index is -0.424. The van der Waals surface area contributed by atoms with E-state index < -0.39 is 4.92 Å². The molecule has 19 heavy (non-hydrogen) atoms. The van der Waals surface area contributed by atoms with E-state index in [1.807, 2.05) is 19.2 Å². The molecular formula is C12H12N4O2S. The van der Waals surface area contributed by atoms with Crippen molar-refractivity contribution in [2.75, 3.05) is 5.43 Å². The molecule has 0 fully saturated rings. The van der Waals surface area contributed by atoms with E-state index in [4.69, 9.17) is 0 Å². The molecule has 6 nitrogen and oxygen atoms in total. The molecule has 98 valence electrons. The van der Waals surface area contributed by atoms with Crippen LogP contribution in [0.2, 0.25) is 0 Å². The van der Waals surface area contributed by atoms with E-state index in [2.05, 4.69) is 15.5 Å². The fraction of sp³-hybridized carbons (Fsp3) is 0.167. The van der Waals surface area contributed by atoms with E-state index in [1.165, 1.54) is 23.5 Å². The van der Waals surface area contributed by atoms with Gasteiger partial charge in [-0.3, -0.25) is 15.5 Å². The number of rotatable bonds is 4. The van der Waals surface area contributed by atoms with Crippen molar-refractivity contribution in [3.05, 3.63) is 51.0 Å². The quantitative estimate of drug-likeness (QED) is 0.528. The molecule has 0 aliphatic rings. The van der Waals surface area contributed by atoms with Crippen LogP contribution in [0.15, 0.2) is 34.7 Å². The summed E-state index contributed by atoms with van der Waals surface area (Å²) >= 11 is 1.47. The molecule has 0 radical (unpaired) electrons. The van der Waals surface area contributed by atoms with Gasteiger partial charge in [0.15, 0.2) is 0 Å². The first-order valence-electron chi connectivity index (χ1n) is 5.53. The Hall–Kier alpha value is -2.28. The fourth-order valence-electron chi connectivity index (χ4n) is 1.43. The minimum Gasteiger partial charge on any atom is -0.258 e. The maximum Gasteiger partial charge on any atom is 0.269 e. The molecule has 0 atom stereocenters. The monoisotopic (exact) mass is 276 g/mol. The second-order valence-electron chi connectivity index (χ2n) is 3.91. The molecular weight excluding hydrogens is 264 g/mol. The molecule has 0 spiro atoms. The van der Waals surface area contributed by atoms with Gasteiger partial charge >= 0.3 is 0 Å². The molecule has 0 bridgehead atoms. The van der Waals surface area contributed by atoms with Gasteiger partial charge in [-0.2, -0.15) is 5.10 Å². The van der Waals surface area contributed by atoms with Gasteiger partial charge in [-0.05, 0) is 31.5 Å². The van der Waals surface area contributed by atoms with Crippen LogP contribution in [0.3, 0.4) is 0 Å². The Balaban J connectivity index is 2.10. The van der Waals surface area contributed by atoms with Gasteiger partial charge in [0, 0.05) is 17.5 Å². The minimum absolute atomic E-state index is 0.0695. The molecule has 2 aromatic rings. The lowest BCUT2D eigenvalue weighted by molar-refractivity contribution is -0.384. The Kier molecular flexibility index (Phi) is 3.86. The van der Waals surface area contributed by atoms with Crippen LogP contribution in [0, 0.1) is 17.0 Å². The standard InChI is InChI=1S/C12H12N4O2S/c1-8-7-19-12(13-8)15-14-9(2)10-3-5-11(6-4-10)16(17)18/h3-7H,1-2H3,(H,13,15)/b14-9-. The van der Waals surface area contributed by atoms with Crippen LogP contribution >= 0.6 is 11.3 Å². The zero-order valence-corrected chi connectivity index (χ0v) is 11.3. The number of anilines is 1. The number of aryl methyl sites for hydroxylation is 1. The van der Waals surface area contributed by atoms with Gasteiger partial charge in [-0.15, -0.1) is 11.3 Å². The van der Waals surface area contributed by atoms with Crippen LogP contribution in [0.4, 0.5) is 10.8 Å². The molecule has 1 aromatic carbocycles. The van der Waals surface area contributed by atoms with E-state index in [1.54, 1.807) is 12.1 Å². The third kappa shape index (κ3) is 3.35. The highest BCUT2D eigenvalue weighted by molar-refractivity contribution is 7.13. The Morgan fingerprint density at radius 3 is 2.63 bits per heavy atom. The van der Waals surface area contributed by atoms with Crippen LogP contribution in [0.5, 0.6) is 0 Å². The van der Waals surface area contributed by atoms with Crippen molar-refractivity contribution in [1.29, 1.82) is 0 Å². The van der Waals surface area contributed by atoms with Crippen molar-refractivity contribution in [2.45, 2.75) is 13.8 Å². The van der Waals surface area contributed by atoms with Crippen molar-refractivity contribution in [2.24, 2.45) is 5.10 Å². The highest BCUT2D eigenvalue weighted by atomic mass is 32.1. The van der Waals surface area contributed by atoms with Gasteiger partial charge in [0.2, 0.25) is 5.13 Å². The third-order valence-electron chi connectivity index (χ3n) is 2.43. The SMILES string of the molecule is C/C(=N/Nc1nc(C)cs1)c1ccc([N+](=O)[O-])cc1. The number of aromatic nitrogens is 1. The molecule has 0 saturated carbocycles. The van der Waals surface area contributed by atoms with Gasteiger partial charge in [-0.1, -0.05) is 0 Å². The summed E-state index contributed by atoms with van der Waals surface area (Å²) in [5.74, 6) is 0. The first-order chi connectivity index (χ1) is 9.06. The smallest absolute Gasteiger partial charge is 0.258 e. The van der Waals surface area contributed by atoms with E-state index in [9.17, 15) is 10.1 Å². The summed E-state index contributed by atoms with van der Waals surface area (Å²) in [5.41, 5.74) is 5.44. The summed E-state index contributed by atoms with van der Waals surface area (Å²) in [6.07, 6.45) is 0. The van der Waals surface area contributed by atoms with Crippen LogP contribution in [0.25, 0.3) is 0 Å². The highest BCUT2D eigenvalue weighted by Crippen LogP contribution is 2.15. The van der Waals surface area contributed by atoms with Gasteiger partial charge in [-0.25, -0.2) is 4.98 Å². The molecule has 0 aliphatic carbocycles. The Morgan fingerprint density at radius 1 is 1.42 bits per heavy atom. The molecule has 0 aliphatic heterocycles. The van der Waals surface area contributed by atoms with E-state index in [0.29, 0.717) is 0 Å². The number of benzene rings is 1. The zero-order chi connectivity index (χ0) is 13.8. The van der Waals surface area contributed by atoms with E-state index in [0.717, 1.165) is 22.1 Å². The number of nitrogens with one attached hydrogen (secondary N) is 1. The molecule has 1 aromatic heterocycles. The average molecular weight is 276 g/mol. The lowest BCUT2D eigenvalue weighted by Crippen LogP contribution is -2.00. The summed E-state index contributed by atoms with van der Waals surface area (Å²) in [6, 6.07) is 6.27.